The molecule has 0 saturated heterocycles. The molecule has 23 heavy (non-hydrogen) atoms. The number of benzene rings is 1. The summed E-state index contributed by atoms with van der Waals surface area (Å²) in [6.45, 7) is 0. The van der Waals surface area contributed by atoms with Crippen LogP contribution in [0.25, 0.3) is 0 Å². The minimum Gasteiger partial charge on any atom is -0.276 e. The van der Waals surface area contributed by atoms with Gasteiger partial charge in [-0.15, -0.1) is 0 Å². The summed E-state index contributed by atoms with van der Waals surface area (Å²) < 4.78 is 2.83. The topological polar surface area (TPSA) is 69.8 Å². The molecule has 0 amide bonds. The minimum absolute atomic E-state index is 0.113. The highest BCUT2D eigenvalue weighted by Crippen LogP contribution is 2.16. The van der Waals surface area contributed by atoms with Gasteiger partial charge in [-0.25, -0.2) is 9.97 Å². The maximum atomic E-state index is 12.7. The molecule has 0 aliphatic rings. The van der Waals surface area contributed by atoms with Crippen LogP contribution in [0.5, 0.6) is 0 Å². The van der Waals surface area contributed by atoms with E-state index in [9.17, 15) is 9.59 Å². The molecule has 6 nitrogen and oxygen atoms in total. The first-order chi connectivity index (χ1) is 11.2. The van der Waals surface area contributed by atoms with Crippen LogP contribution in [-0.4, -0.2) is 30.9 Å². The van der Waals surface area contributed by atoms with Crippen molar-refractivity contribution in [2.45, 2.75) is 12.8 Å². The molecule has 0 spiro atoms. The lowest BCUT2D eigenvalue weighted by Gasteiger charge is -2.15. The fraction of sp³-hybridized carbons (Fsp3) is 0.176. The van der Waals surface area contributed by atoms with E-state index in [4.69, 9.17) is 0 Å². The van der Waals surface area contributed by atoms with E-state index in [1.54, 1.807) is 24.8 Å². The van der Waals surface area contributed by atoms with Crippen LogP contribution in [0.4, 0.5) is 0 Å². The van der Waals surface area contributed by atoms with Gasteiger partial charge in [0.1, 0.15) is 12.7 Å². The van der Waals surface area contributed by atoms with Crippen LogP contribution in [0.3, 0.4) is 0 Å². The third-order valence-corrected chi connectivity index (χ3v) is 3.65. The van der Waals surface area contributed by atoms with E-state index in [2.05, 4.69) is 9.97 Å². The van der Waals surface area contributed by atoms with Crippen molar-refractivity contribution in [1.29, 1.82) is 0 Å². The quantitative estimate of drug-likeness (QED) is 0.725. The zero-order valence-electron chi connectivity index (χ0n) is 12.4. The van der Waals surface area contributed by atoms with E-state index >= 15 is 0 Å². The van der Waals surface area contributed by atoms with E-state index in [0.29, 0.717) is 6.42 Å². The molecule has 2 heterocycles. The van der Waals surface area contributed by atoms with Gasteiger partial charge < -0.3 is 0 Å². The summed E-state index contributed by atoms with van der Waals surface area (Å²) in [6.07, 6.45) is 9.80. The number of aromatic nitrogens is 4. The minimum atomic E-state index is -0.457. The van der Waals surface area contributed by atoms with Crippen LogP contribution >= 0.6 is 0 Å². The molecule has 0 radical (unpaired) electrons. The highest BCUT2D eigenvalue weighted by molar-refractivity contribution is 5.88. The molecular weight excluding hydrogens is 292 g/mol. The Morgan fingerprint density at radius 3 is 2.22 bits per heavy atom. The number of imidazole rings is 2. The van der Waals surface area contributed by atoms with Gasteiger partial charge in [0.05, 0.1) is 5.92 Å². The third kappa shape index (κ3) is 3.60. The average molecular weight is 308 g/mol. The Labute approximate surface area is 133 Å². The van der Waals surface area contributed by atoms with E-state index in [0.717, 1.165) is 5.56 Å². The van der Waals surface area contributed by atoms with Gasteiger partial charge in [-0.05, 0) is 12.0 Å². The van der Waals surface area contributed by atoms with Crippen LogP contribution in [0, 0.1) is 5.92 Å². The van der Waals surface area contributed by atoms with E-state index in [1.165, 1.54) is 21.8 Å². The van der Waals surface area contributed by atoms with Crippen molar-refractivity contribution in [3.8, 4) is 0 Å². The Bertz CT molecular complexity index is 764. The Kier molecular flexibility index (Phi) is 4.42. The summed E-state index contributed by atoms with van der Waals surface area (Å²) in [5.74, 6) is -0.752. The first-order valence-electron chi connectivity index (χ1n) is 7.31. The van der Waals surface area contributed by atoms with E-state index < -0.39 is 5.92 Å². The molecule has 2 aromatic heterocycles. The summed E-state index contributed by atoms with van der Waals surface area (Å²) in [4.78, 5) is 32.8. The van der Waals surface area contributed by atoms with Crippen LogP contribution in [0.15, 0.2) is 67.8 Å². The molecule has 116 valence electrons. The number of carbonyl (C=O) groups excluding carboxylic acids is 2. The summed E-state index contributed by atoms with van der Waals surface area (Å²) in [5, 5.41) is 0. The summed E-state index contributed by atoms with van der Waals surface area (Å²) >= 11 is 0. The van der Waals surface area contributed by atoms with Crippen molar-refractivity contribution in [3.05, 3.63) is 73.3 Å². The van der Waals surface area contributed by atoms with Gasteiger partial charge in [0.2, 0.25) is 11.8 Å². The van der Waals surface area contributed by atoms with Crippen LogP contribution in [-0.2, 0) is 6.42 Å². The number of hydrogen-bond acceptors (Lipinski definition) is 4. The Hall–Kier alpha value is -3.02. The number of rotatable bonds is 5. The Morgan fingerprint density at radius 1 is 0.957 bits per heavy atom. The van der Waals surface area contributed by atoms with E-state index in [1.807, 2.05) is 30.3 Å². The van der Waals surface area contributed by atoms with Crippen molar-refractivity contribution in [3.63, 3.8) is 0 Å². The third-order valence-electron chi connectivity index (χ3n) is 3.65. The molecular formula is C17H16N4O2. The molecule has 0 aliphatic heterocycles. The second-order valence-corrected chi connectivity index (χ2v) is 5.26. The number of hydrogen-bond donors (Lipinski definition) is 0. The van der Waals surface area contributed by atoms with E-state index in [-0.39, 0.29) is 18.2 Å². The maximum Gasteiger partial charge on any atom is 0.235 e. The largest absolute Gasteiger partial charge is 0.276 e. The van der Waals surface area contributed by atoms with Gasteiger partial charge in [-0.1, -0.05) is 30.3 Å². The standard InChI is InChI=1S/C17H16N4O2/c22-16(20-8-6-18-12-20)11-15(10-14-4-2-1-3-5-14)17(23)21-9-7-19-13-21/h1-9,12-13,15H,10-11H2/t15-/m0/s1. The zero-order valence-corrected chi connectivity index (χ0v) is 12.4. The second-order valence-electron chi connectivity index (χ2n) is 5.26. The lowest BCUT2D eigenvalue weighted by atomic mass is 9.94. The van der Waals surface area contributed by atoms with Gasteiger partial charge in [-0.3, -0.25) is 18.7 Å². The Balaban J connectivity index is 1.81. The van der Waals surface area contributed by atoms with Crippen molar-refractivity contribution in [2.24, 2.45) is 5.92 Å². The van der Waals surface area contributed by atoms with Crippen molar-refractivity contribution < 1.29 is 9.59 Å². The normalized spacial score (nSPS) is 12.0. The van der Waals surface area contributed by atoms with Crippen LogP contribution < -0.4 is 0 Å². The first kappa shape index (κ1) is 14.9. The molecule has 0 bridgehead atoms. The molecule has 0 N–H and O–H groups in total. The van der Waals surface area contributed by atoms with Crippen LogP contribution in [0.1, 0.15) is 21.6 Å². The monoisotopic (exact) mass is 308 g/mol. The fourth-order valence-electron chi connectivity index (χ4n) is 2.47. The number of carbonyl (C=O) groups is 2. The maximum absolute atomic E-state index is 12.7. The van der Waals surface area contributed by atoms with Crippen molar-refractivity contribution in [2.75, 3.05) is 0 Å². The van der Waals surface area contributed by atoms with Gasteiger partial charge in [0.25, 0.3) is 0 Å². The molecule has 3 rings (SSSR count). The predicted octanol–water partition coefficient (Wildman–Crippen LogP) is 2.31. The molecule has 0 aliphatic carbocycles. The van der Waals surface area contributed by atoms with Gasteiger partial charge in [-0.2, -0.15) is 0 Å². The average Bonchev–Trinajstić information content (AvgIpc) is 3.27. The first-order valence-corrected chi connectivity index (χ1v) is 7.31. The Morgan fingerprint density at radius 2 is 1.61 bits per heavy atom. The van der Waals surface area contributed by atoms with Gasteiger partial charge in [0, 0.05) is 31.2 Å². The highest BCUT2D eigenvalue weighted by atomic mass is 16.2. The predicted molar refractivity (Wildman–Crippen MR) is 84.0 cm³/mol. The molecule has 0 saturated carbocycles. The smallest absolute Gasteiger partial charge is 0.235 e. The van der Waals surface area contributed by atoms with Gasteiger partial charge >= 0.3 is 0 Å². The number of nitrogens with zero attached hydrogens (tertiary/aromatic N) is 4. The molecule has 1 atom stereocenters. The SMILES string of the molecule is O=C(C[C@H](Cc1ccccc1)C(=O)n1ccnc1)n1ccnc1. The molecule has 0 unspecified atom stereocenters. The zero-order chi connectivity index (χ0) is 16.1. The van der Waals surface area contributed by atoms with Crippen molar-refractivity contribution >= 4 is 11.8 Å². The summed E-state index contributed by atoms with van der Waals surface area (Å²) in [5.41, 5.74) is 1.02. The van der Waals surface area contributed by atoms with Gasteiger partial charge in [0.15, 0.2) is 0 Å². The lowest BCUT2D eigenvalue weighted by Crippen LogP contribution is -2.27. The second kappa shape index (κ2) is 6.83. The van der Waals surface area contributed by atoms with Crippen molar-refractivity contribution in [1.82, 2.24) is 19.1 Å². The van der Waals surface area contributed by atoms with Crippen LogP contribution in [0.2, 0.25) is 0 Å². The molecule has 0 fully saturated rings. The summed E-state index contributed by atoms with van der Waals surface area (Å²) in [7, 11) is 0. The molecule has 6 heteroatoms. The summed E-state index contributed by atoms with van der Waals surface area (Å²) in [6, 6.07) is 9.68. The highest BCUT2D eigenvalue weighted by Gasteiger charge is 2.24. The fourth-order valence-corrected chi connectivity index (χ4v) is 2.47. The molecule has 3 aromatic rings. The lowest BCUT2D eigenvalue weighted by molar-refractivity contribution is 0.0758. The molecule has 1 aromatic carbocycles.